The number of thioether (sulfide) groups is 1. The molecule has 110 valence electrons. The topological polar surface area (TPSA) is 40.5 Å². The van der Waals surface area contributed by atoms with Crippen molar-refractivity contribution in [1.29, 1.82) is 0 Å². The second-order valence-corrected chi connectivity index (χ2v) is 6.66. The van der Waals surface area contributed by atoms with Gasteiger partial charge in [0, 0.05) is 17.0 Å². The molecule has 4 heteroatoms. The van der Waals surface area contributed by atoms with Crippen LogP contribution in [0.25, 0.3) is 0 Å². The number of aliphatic hydroxyl groups is 1. The molecule has 1 aromatic rings. The fourth-order valence-corrected chi connectivity index (χ4v) is 2.96. The minimum absolute atomic E-state index is 0.166. The Hall–Kier alpha value is -0.840. The highest BCUT2D eigenvalue weighted by atomic mass is 32.2. The number of carbonyl (C=O) groups is 1. The van der Waals surface area contributed by atoms with E-state index in [1.54, 1.807) is 11.8 Å². The van der Waals surface area contributed by atoms with Crippen molar-refractivity contribution in [3.8, 4) is 0 Å². The summed E-state index contributed by atoms with van der Waals surface area (Å²) in [5.74, 6) is 0.166. The largest absolute Gasteiger partial charge is 0.390 e. The lowest BCUT2D eigenvalue weighted by Gasteiger charge is -2.21. The monoisotopic (exact) mass is 293 g/mol. The van der Waals surface area contributed by atoms with Crippen LogP contribution in [0.1, 0.15) is 36.5 Å². The maximum atomic E-state index is 12.3. The lowest BCUT2D eigenvalue weighted by atomic mass is 9.98. The Morgan fingerprint density at radius 2 is 2.00 bits per heavy atom. The Labute approximate surface area is 125 Å². The zero-order valence-electron chi connectivity index (χ0n) is 12.3. The van der Waals surface area contributed by atoms with E-state index in [4.69, 9.17) is 0 Å². The van der Waals surface area contributed by atoms with Crippen molar-refractivity contribution in [2.75, 3.05) is 25.9 Å². The Balaban J connectivity index is 1.93. The summed E-state index contributed by atoms with van der Waals surface area (Å²) in [5.41, 5.74) is 0.205. The number of hydrogen-bond acceptors (Lipinski definition) is 4. The quantitative estimate of drug-likeness (QED) is 0.684. The highest BCUT2D eigenvalue weighted by Gasteiger charge is 2.25. The van der Waals surface area contributed by atoms with E-state index in [0.29, 0.717) is 6.54 Å². The van der Waals surface area contributed by atoms with Crippen molar-refractivity contribution in [2.24, 2.45) is 0 Å². The molecule has 0 aromatic heterocycles. The number of benzene rings is 1. The Kier molecular flexibility index (Phi) is 5.24. The SMILES string of the molecule is CSc1ccc(C(=O)CN2CCCC(C)(O)CC2)cc1. The molecule has 1 fully saturated rings. The van der Waals surface area contributed by atoms with Gasteiger partial charge in [0.15, 0.2) is 5.78 Å². The average Bonchev–Trinajstić information content (AvgIpc) is 2.60. The second kappa shape index (κ2) is 6.74. The van der Waals surface area contributed by atoms with E-state index >= 15 is 0 Å². The smallest absolute Gasteiger partial charge is 0.176 e. The molecule has 0 spiro atoms. The third kappa shape index (κ3) is 4.33. The van der Waals surface area contributed by atoms with Crippen LogP contribution in [-0.2, 0) is 0 Å². The van der Waals surface area contributed by atoms with Gasteiger partial charge in [-0.2, -0.15) is 0 Å². The summed E-state index contributed by atoms with van der Waals surface area (Å²) < 4.78 is 0. The Morgan fingerprint density at radius 1 is 1.30 bits per heavy atom. The minimum Gasteiger partial charge on any atom is -0.390 e. The van der Waals surface area contributed by atoms with Gasteiger partial charge in [-0.05, 0) is 51.1 Å². The van der Waals surface area contributed by atoms with Crippen LogP contribution in [0.5, 0.6) is 0 Å². The molecule has 0 radical (unpaired) electrons. The molecule has 1 aromatic carbocycles. The van der Waals surface area contributed by atoms with Crippen LogP contribution in [0, 0.1) is 0 Å². The van der Waals surface area contributed by atoms with Crippen molar-refractivity contribution in [3.63, 3.8) is 0 Å². The predicted molar refractivity (Wildman–Crippen MR) is 83.5 cm³/mol. The van der Waals surface area contributed by atoms with Gasteiger partial charge >= 0.3 is 0 Å². The fraction of sp³-hybridized carbons (Fsp3) is 0.562. The van der Waals surface area contributed by atoms with Gasteiger partial charge in [-0.3, -0.25) is 9.69 Å². The molecule has 1 unspecified atom stereocenters. The van der Waals surface area contributed by atoms with Crippen LogP contribution in [0.4, 0.5) is 0 Å². The molecule has 1 aliphatic rings. The van der Waals surface area contributed by atoms with Crippen molar-refractivity contribution in [1.82, 2.24) is 4.90 Å². The molecule has 2 rings (SSSR count). The maximum absolute atomic E-state index is 12.3. The van der Waals surface area contributed by atoms with E-state index in [-0.39, 0.29) is 5.78 Å². The van der Waals surface area contributed by atoms with Crippen LogP contribution >= 0.6 is 11.8 Å². The number of nitrogens with zero attached hydrogens (tertiary/aromatic N) is 1. The number of rotatable bonds is 4. The highest BCUT2D eigenvalue weighted by Crippen LogP contribution is 2.21. The van der Waals surface area contributed by atoms with Gasteiger partial charge in [-0.15, -0.1) is 11.8 Å². The van der Waals surface area contributed by atoms with Crippen LogP contribution in [0.15, 0.2) is 29.2 Å². The van der Waals surface area contributed by atoms with Gasteiger partial charge in [-0.25, -0.2) is 0 Å². The first kappa shape index (κ1) is 15.5. The summed E-state index contributed by atoms with van der Waals surface area (Å²) in [5, 5.41) is 10.1. The van der Waals surface area contributed by atoms with Crippen molar-refractivity contribution in [2.45, 2.75) is 36.7 Å². The second-order valence-electron chi connectivity index (χ2n) is 5.78. The maximum Gasteiger partial charge on any atom is 0.176 e. The Bertz CT molecular complexity index is 456. The number of hydrogen-bond donors (Lipinski definition) is 1. The molecular formula is C16H23NO2S. The molecule has 1 saturated heterocycles. The van der Waals surface area contributed by atoms with E-state index in [0.717, 1.165) is 37.9 Å². The standard InChI is InChI=1S/C16H23NO2S/c1-16(19)8-3-10-17(11-9-16)12-15(18)13-4-6-14(20-2)7-5-13/h4-7,19H,3,8-12H2,1-2H3. The van der Waals surface area contributed by atoms with E-state index in [9.17, 15) is 9.90 Å². The summed E-state index contributed by atoms with van der Waals surface area (Å²) in [6.07, 6.45) is 4.54. The van der Waals surface area contributed by atoms with Crippen molar-refractivity contribution in [3.05, 3.63) is 29.8 Å². The van der Waals surface area contributed by atoms with Crippen LogP contribution in [0.3, 0.4) is 0 Å². The molecular weight excluding hydrogens is 270 g/mol. The number of carbonyl (C=O) groups excluding carboxylic acids is 1. The molecule has 1 heterocycles. The van der Waals surface area contributed by atoms with E-state index in [2.05, 4.69) is 4.90 Å². The molecule has 1 N–H and O–H groups in total. The van der Waals surface area contributed by atoms with Crippen molar-refractivity contribution >= 4 is 17.5 Å². The first-order valence-corrected chi connectivity index (χ1v) is 8.35. The van der Waals surface area contributed by atoms with Crippen LogP contribution < -0.4 is 0 Å². The molecule has 20 heavy (non-hydrogen) atoms. The predicted octanol–water partition coefficient (Wildman–Crippen LogP) is 2.83. The van der Waals surface area contributed by atoms with Crippen LogP contribution in [-0.4, -0.2) is 47.3 Å². The number of Topliss-reactive ketones (excluding diaryl/α,β-unsaturated/α-hetero) is 1. The zero-order valence-corrected chi connectivity index (χ0v) is 13.1. The van der Waals surface area contributed by atoms with E-state index < -0.39 is 5.60 Å². The van der Waals surface area contributed by atoms with E-state index in [1.807, 2.05) is 37.4 Å². The minimum atomic E-state index is -0.572. The molecule has 0 saturated carbocycles. The molecule has 0 bridgehead atoms. The first-order chi connectivity index (χ1) is 9.50. The molecule has 0 amide bonds. The Morgan fingerprint density at radius 3 is 2.65 bits per heavy atom. The fourth-order valence-electron chi connectivity index (χ4n) is 2.55. The van der Waals surface area contributed by atoms with Gasteiger partial charge in [-0.1, -0.05) is 12.1 Å². The number of ketones is 1. The molecule has 0 aliphatic carbocycles. The zero-order chi connectivity index (χ0) is 14.6. The third-order valence-electron chi connectivity index (χ3n) is 3.94. The van der Waals surface area contributed by atoms with E-state index in [1.165, 1.54) is 4.90 Å². The summed E-state index contributed by atoms with van der Waals surface area (Å²) >= 11 is 1.68. The summed E-state index contributed by atoms with van der Waals surface area (Å²) in [6.45, 7) is 4.03. The van der Waals surface area contributed by atoms with Gasteiger partial charge in [0.1, 0.15) is 0 Å². The van der Waals surface area contributed by atoms with Crippen LogP contribution in [0.2, 0.25) is 0 Å². The van der Waals surface area contributed by atoms with Gasteiger partial charge < -0.3 is 5.11 Å². The third-order valence-corrected chi connectivity index (χ3v) is 4.68. The van der Waals surface area contributed by atoms with Gasteiger partial charge in [0.05, 0.1) is 12.1 Å². The van der Waals surface area contributed by atoms with Gasteiger partial charge in [0.25, 0.3) is 0 Å². The summed E-state index contributed by atoms with van der Waals surface area (Å²) in [4.78, 5) is 15.6. The van der Waals surface area contributed by atoms with Crippen molar-refractivity contribution < 1.29 is 9.90 Å². The number of likely N-dealkylation sites (tertiary alicyclic amines) is 1. The lowest BCUT2D eigenvalue weighted by Crippen LogP contribution is -2.32. The highest BCUT2D eigenvalue weighted by molar-refractivity contribution is 7.98. The molecule has 3 nitrogen and oxygen atoms in total. The summed E-state index contributed by atoms with van der Waals surface area (Å²) in [7, 11) is 0. The first-order valence-electron chi connectivity index (χ1n) is 7.12. The summed E-state index contributed by atoms with van der Waals surface area (Å²) in [6, 6.07) is 7.79. The van der Waals surface area contributed by atoms with Gasteiger partial charge in [0.2, 0.25) is 0 Å². The lowest BCUT2D eigenvalue weighted by molar-refractivity contribution is 0.0444. The normalized spacial score (nSPS) is 24.4. The average molecular weight is 293 g/mol. The molecule has 1 atom stereocenters. The molecule has 1 aliphatic heterocycles.